The summed E-state index contributed by atoms with van der Waals surface area (Å²) >= 11 is 0. The molecule has 3 N–H and O–H groups in total. The molecule has 0 amide bonds. The number of nitrogens with two attached hydrogens (primary N) is 1. The Hall–Kier alpha value is -1.26. The van der Waals surface area contributed by atoms with Gasteiger partial charge in [0.05, 0.1) is 24.9 Å². The molecule has 4 heteroatoms. The van der Waals surface area contributed by atoms with Crippen LogP contribution in [0.4, 0.5) is 5.69 Å². The minimum atomic E-state index is -0.314. The average Bonchev–Trinajstić information content (AvgIpc) is 2.28. The molecule has 0 radical (unpaired) electrons. The normalized spacial score (nSPS) is 16.9. The zero-order valence-electron chi connectivity index (χ0n) is 8.81. The number of aliphatic hydroxyl groups excluding tert-OH is 1. The third-order valence-corrected chi connectivity index (χ3v) is 2.70. The van der Waals surface area contributed by atoms with Crippen molar-refractivity contribution in [3.05, 3.63) is 23.8 Å². The Morgan fingerprint density at radius 2 is 2.40 bits per heavy atom. The van der Waals surface area contributed by atoms with Crippen molar-refractivity contribution < 1.29 is 9.84 Å². The van der Waals surface area contributed by atoms with Crippen molar-refractivity contribution in [1.82, 2.24) is 0 Å². The molecule has 0 aromatic heterocycles. The first kappa shape index (κ1) is 10.3. The number of nitrogens with zero attached hydrogens (tertiary/aromatic N) is 1. The zero-order chi connectivity index (χ0) is 10.8. The van der Waals surface area contributed by atoms with Crippen molar-refractivity contribution in [3.63, 3.8) is 0 Å². The lowest BCUT2D eigenvalue weighted by atomic mass is 10.1. The van der Waals surface area contributed by atoms with Gasteiger partial charge in [0.2, 0.25) is 0 Å². The largest absolute Gasteiger partial charge is 0.490 e. The number of aliphatic hydroxyl groups is 1. The first-order valence-corrected chi connectivity index (χ1v) is 5.06. The van der Waals surface area contributed by atoms with Crippen molar-refractivity contribution in [2.75, 3.05) is 31.7 Å². The maximum Gasteiger partial charge on any atom is 0.142 e. The van der Waals surface area contributed by atoms with Crippen molar-refractivity contribution in [1.29, 1.82) is 0 Å². The molecule has 1 aliphatic heterocycles. The van der Waals surface area contributed by atoms with Crippen LogP contribution in [0.1, 0.15) is 11.6 Å². The summed E-state index contributed by atoms with van der Waals surface area (Å²) in [5, 5.41) is 8.99. The van der Waals surface area contributed by atoms with E-state index in [1.807, 2.05) is 25.2 Å². The van der Waals surface area contributed by atoms with Crippen LogP contribution in [0.15, 0.2) is 18.2 Å². The summed E-state index contributed by atoms with van der Waals surface area (Å²) in [6, 6.07) is 5.48. The van der Waals surface area contributed by atoms with Gasteiger partial charge in [-0.1, -0.05) is 6.07 Å². The zero-order valence-corrected chi connectivity index (χ0v) is 8.81. The summed E-state index contributed by atoms with van der Waals surface area (Å²) in [7, 11) is 2.02. The fourth-order valence-electron chi connectivity index (χ4n) is 1.70. The highest BCUT2D eigenvalue weighted by molar-refractivity contribution is 5.61. The Balaban J connectivity index is 2.35. The van der Waals surface area contributed by atoms with E-state index in [-0.39, 0.29) is 12.6 Å². The molecule has 4 nitrogen and oxygen atoms in total. The van der Waals surface area contributed by atoms with Crippen LogP contribution in [-0.2, 0) is 0 Å². The van der Waals surface area contributed by atoms with E-state index in [0.29, 0.717) is 0 Å². The molecule has 1 heterocycles. The van der Waals surface area contributed by atoms with Crippen LogP contribution in [0.25, 0.3) is 0 Å². The van der Waals surface area contributed by atoms with Gasteiger partial charge in [0.1, 0.15) is 12.4 Å². The van der Waals surface area contributed by atoms with E-state index >= 15 is 0 Å². The second kappa shape index (κ2) is 4.08. The summed E-state index contributed by atoms with van der Waals surface area (Å²) in [5.41, 5.74) is 7.75. The van der Waals surface area contributed by atoms with Crippen LogP contribution in [0.3, 0.4) is 0 Å². The Morgan fingerprint density at radius 3 is 3.13 bits per heavy atom. The van der Waals surface area contributed by atoms with E-state index < -0.39 is 0 Å². The number of anilines is 1. The molecule has 0 saturated heterocycles. The second-order valence-corrected chi connectivity index (χ2v) is 3.79. The highest BCUT2D eigenvalue weighted by atomic mass is 16.5. The maximum absolute atomic E-state index is 8.99. The molecule has 0 fully saturated rings. The van der Waals surface area contributed by atoms with Crippen LogP contribution >= 0.6 is 0 Å². The van der Waals surface area contributed by atoms with Gasteiger partial charge >= 0.3 is 0 Å². The van der Waals surface area contributed by atoms with E-state index in [2.05, 4.69) is 4.90 Å². The SMILES string of the molecule is CN1CCOc2ccc(C(N)CO)cc21. The number of likely N-dealkylation sites (N-methyl/N-ethyl adjacent to an activating group) is 1. The predicted octanol–water partition coefficient (Wildman–Crippen LogP) is 0.507. The minimum Gasteiger partial charge on any atom is -0.490 e. The molecular formula is C11H16N2O2. The van der Waals surface area contributed by atoms with E-state index in [1.54, 1.807) is 0 Å². The number of benzene rings is 1. The highest BCUT2D eigenvalue weighted by Crippen LogP contribution is 2.32. The Bertz CT molecular complexity index is 354. The van der Waals surface area contributed by atoms with Gasteiger partial charge in [-0.25, -0.2) is 0 Å². The smallest absolute Gasteiger partial charge is 0.142 e. The average molecular weight is 208 g/mol. The van der Waals surface area contributed by atoms with Gasteiger partial charge in [0.15, 0.2) is 0 Å². The molecule has 2 rings (SSSR count). The van der Waals surface area contributed by atoms with E-state index in [9.17, 15) is 0 Å². The first-order valence-electron chi connectivity index (χ1n) is 5.06. The highest BCUT2D eigenvalue weighted by Gasteiger charge is 2.16. The lowest BCUT2D eigenvalue weighted by Gasteiger charge is -2.28. The van der Waals surface area contributed by atoms with Crippen LogP contribution in [0, 0.1) is 0 Å². The number of hydrogen-bond donors (Lipinski definition) is 2. The first-order chi connectivity index (χ1) is 7.22. The van der Waals surface area contributed by atoms with Gasteiger partial charge in [0.25, 0.3) is 0 Å². The summed E-state index contributed by atoms with van der Waals surface area (Å²) in [6.45, 7) is 1.56. The Kier molecular flexibility index (Phi) is 2.79. The van der Waals surface area contributed by atoms with Gasteiger partial charge in [-0.3, -0.25) is 0 Å². The summed E-state index contributed by atoms with van der Waals surface area (Å²) < 4.78 is 5.52. The molecule has 15 heavy (non-hydrogen) atoms. The van der Waals surface area contributed by atoms with E-state index in [4.69, 9.17) is 15.6 Å². The molecule has 82 valence electrons. The lowest BCUT2D eigenvalue weighted by molar-refractivity contribution is 0.267. The standard InChI is InChI=1S/C11H16N2O2/c1-13-4-5-15-11-3-2-8(6-10(11)13)9(12)7-14/h2-3,6,9,14H,4-5,7,12H2,1H3. The van der Waals surface area contributed by atoms with Crippen LogP contribution in [0.2, 0.25) is 0 Å². The number of hydrogen-bond acceptors (Lipinski definition) is 4. The quantitative estimate of drug-likeness (QED) is 0.743. The van der Waals surface area contributed by atoms with Crippen LogP contribution in [0.5, 0.6) is 5.75 Å². The van der Waals surface area contributed by atoms with Crippen molar-refractivity contribution in [2.45, 2.75) is 6.04 Å². The van der Waals surface area contributed by atoms with Gasteiger partial charge in [-0.05, 0) is 17.7 Å². The van der Waals surface area contributed by atoms with Gasteiger partial charge in [-0.15, -0.1) is 0 Å². The molecule has 0 aliphatic carbocycles. The van der Waals surface area contributed by atoms with Crippen molar-refractivity contribution in [2.24, 2.45) is 5.73 Å². The summed E-state index contributed by atoms with van der Waals surface area (Å²) in [6.07, 6.45) is 0. The molecule has 0 bridgehead atoms. The van der Waals surface area contributed by atoms with Crippen molar-refractivity contribution >= 4 is 5.69 Å². The molecular weight excluding hydrogens is 192 g/mol. The van der Waals surface area contributed by atoms with E-state index in [1.165, 1.54) is 0 Å². The maximum atomic E-state index is 8.99. The monoisotopic (exact) mass is 208 g/mol. The topological polar surface area (TPSA) is 58.7 Å². The third-order valence-electron chi connectivity index (χ3n) is 2.70. The summed E-state index contributed by atoms with van der Waals surface area (Å²) in [5.74, 6) is 0.887. The molecule has 1 atom stereocenters. The van der Waals surface area contributed by atoms with E-state index in [0.717, 1.165) is 30.2 Å². The van der Waals surface area contributed by atoms with Crippen LogP contribution < -0.4 is 15.4 Å². The van der Waals surface area contributed by atoms with Gasteiger partial charge < -0.3 is 20.5 Å². The predicted molar refractivity (Wildman–Crippen MR) is 59.2 cm³/mol. The lowest BCUT2D eigenvalue weighted by Crippen LogP contribution is -2.29. The molecule has 1 aromatic rings. The number of ether oxygens (including phenoxy) is 1. The third kappa shape index (κ3) is 1.91. The molecule has 1 aromatic carbocycles. The second-order valence-electron chi connectivity index (χ2n) is 3.79. The van der Waals surface area contributed by atoms with Gasteiger partial charge in [0, 0.05) is 7.05 Å². The summed E-state index contributed by atoms with van der Waals surface area (Å²) in [4.78, 5) is 2.13. The Labute approximate surface area is 89.3 Å². The molecule has 0 saturated carbocycles. The van der Waals surface area contributed by atoms with Crippen molar-refractivity contribution in [3.8, 4) is 5.75 Å². The van der Waals surface area contributed by atoms with Crippen LogP contribution in [-0.4, -0.2) is 31.9 Å². The van der Waals surface area contributed by atoms with Gasteiger partial charge in [-0.2, -0.15) is 0 Å². The number of rotatable bonds is 2. The molecule has 1 aliphatic rings. The minimum absolute atomic E-state index is 0.0383. The number of fused-ring (bicyclic) bond motifs is 1. The fourth-order valence-corrected chi connectivity index (χ4v) is 1.70. The molecule has 0 spiro atoms. The Morgan fingerprint density at radius 1 is 1.60 bits per heavy atom. The molecule has 1 unspecified atom stereocenters. The fraction of sp³-hybridized carbons (Fsp3) is 0.455.